The van der Waals surface area contributed by atoms with Gasteiger partial charge >= 0.3 is 0 Å². The lowest BCUT2D eigenvalue weighted by Crippen LogP contribution is -2.41. The average Bonchev–Trinajstić information content (AvgIpc) is 2.87. The van der Waals surface area contributed by atoms with Gasteiger partial charge in [-0.15, -0.1) is 0 Å². The highest BCUT2D eigenvalue weighted by molar-refractivity contribution is 5.47. The zero-order valence-electron chi connectivity index (χ0n) is 10.2. The second kappa shape index (κ2) is 3.87. The van der Waals surface area contributed by atoms with E-state index in [-0.39, 0.29) is 6.10 Å². The first kappa shape index (κ1) is 10.6. The van der Waals surface area contributed by atoms with Crippen molar-refractivity contribution in [1.82, 2.24) is 5.32 Å². The van der Waals surface area contributed by atoms with Crippen LogP contribution in [0.1, 0.15) is 19.3 Å². The Kier molecular flexibility index (Phi) is 2.29. The second-order valence-corrected chi connectivity index (χ2v) is 5.37. The Labute approximate surface area is 106 Å². The molecule has 2 aliphatic heterocycles. The number of nitrogens with one attached hydrogen (secondary N) is 1. The molecule has 3 atom stereocenters. The molecule has 1 saturated heterocycles. The number of hydrogen-bond acceptors (Lipinski definition) is 4. The van der Waals surface area contributed by atoms with Crippen LogP contribution in [0.4, 0.5) is 0 Å². The molecule has 1 fully saturated rings. The Morgan fingerprint density at radius 2 is 2.28 bits per heavy atom. The van der Waals surface area contributed by atoms with E-state index in [9.17, 15) is 5.11 Å². The quantitative estimate of drug-likeness (QED) is 0.685. The van der Waals surface area contributed by atoms with Crippen LogP contribution in [0.3, 0.4) is 0 Å². The van der Waals surface area contributed by atoms with Gasteiger partial charge in [0.2, 0.25) is 0 Å². The van der Waals surface area contributed by atoms with Gasteiger partial charge in [-0.3, -0.25) is 0 Å². The summed E-state index contributed by atoms with van der Waals surface area (Å²) in [6, 6.07) is 0.295. The molecular formula is C14H17NO3. The van der Waals surface area contributed by atoms with Crippen LogP contribution in [0.15, 0.2) is 34.8 Å². The van der Waals surface area contributed by atoms with Gasteiger partial charge in [-0.25, -0.2) is 0 Å². The van der Waals surface area contributed by atoms with E-state index in [1.165, 1.54) is 0 Å². The Morgan fingerprint density at radius 1 is 1.33 bits per heavy atom. The van der Waals surface area contributed by atoms with Crippen molar-refractivity contribution in [3.05, 3.63) is 34.8 Å². The number of allylic oxidation sites excluding steroid dienone is 1. The van der Waals surface area contributed by atoms with Crippen molar-refractivity contribution in [3.63, 3.8) is 0 Å². The third kappa shape index (κ3) is 1.39. The minimum absolute atomic E-state index is 0.0658. The first-order chi connectivity index (χ1) is 8.84. The lowest BCUT2D eigenvalue weighted by Gasteiger charge is -2.37. The summed E-state index contributed by atoms with van der Waals surface area (Å²) in [5, 5.41) is 14.0. The maximum Gasteiger partial charge on any atom is 0.189 e. The fraction of sp³-hybridized carbons (Fsp3) is 0.571. The summed E-state index contributed by atoms with van der Waals surface area (Å²) in [6.45, 7) is 1.22. The second-order valence-electron chi connectivity index (χ2n) is 5.37. The standard InChI is InChI=1S/C14H17NO3/c16-13-9-2-1-5-15-10(9)6-8-3-4-11-14(12(8)13)18-7-17-11/h1-2,8,10-11,15-16H,3-7H2. The minimum Gasteiger partial charge on any atom is -0.507 e. The van der Waals surface area contributed by atoms with Crippen LogP contribution in [-0.4, -0.2) is 30.6 Å². The number of aliphatic hydroxyl groups is 1. The third-order valence-electron chi connectivity index (χ3n) is 4.43. The third-order valence-corrected chi connectivity index (χ3v) is 4.43. The maximum atomic E-state index is 10.5. The van der Waals surface area contributed by atoms with Gasteiger partial charge in [0.05, 0.1) is 0 Å². The summed E-state index contributed by atoms with van der Waals surface area (Å²) in [7, 11) is 0. The van der Waals surface area contributed by atoms with Crippen LogP contribution < -0.4 is 5.32 Å². The van der Waals surface area contributed by atoms with Crippen molar-refractivity contribution in [3.8, 4) is 0 Å². The highest BCUT2D eigenvalue weighted by atomic mass is 16.7. The molecule has 96 valence electrons. The first-order valence-corrected chi connectivity index (χ1v) is 6.66. The first-order valence-electron chi connectivity index (χ1n) is 6.66. The summed E-state index contributed by atoms with van der Waals surface area (Å²) in [5.41, 5.74) is 2.01. The lowest BCUT2D eigenvalue weighted by molar-refractivity contribution is 0.0462. The molecule has 4 heteroatoms. The summed E-state index contributed by atoms with van der Waals surface area (Å²) in [4.78, 5) is 0. The van der Waals surface area contributed by atoms with Crippen LogP contribution in [0.5, 0.6) is 0 Å². The van der Waals surface area contributed by atoms with E-state index in [0.717, 1.165) is 42.7 Å². The van der Waals surface area contributed by atoms with Crippen molar-refractivity contribution < 1.29 is 14.6 Å². The molecule has 0 amide bonds. The monoisotopic (exact) mass is 247 g/mol. The molecule has 3 unspecified atom stereocenters. The normalized spacial score (nSPS) is 38.1. The van der Waals surface area contributed by atoms with Gasteiger partial charge < -0.3 is 19.9 Å². The SMILES string of the molecule is OC1=C2C=CCNC2CC2CCC3OCOC3=C12. The molecule has 0 saturated carbocycles. The number of ether oxygens (including phenoxy) is 2. The van der Waals surface area contributed by atoms with Crippen molar-refractivity contribution >= 4 is 0 Å². The number of aliphatic hydroxyl groups excluding tert-OH is 1. The largest absolute Gasteiger partial charge is 0.507 e. The average molecular weight is 247 g/mol. The van der Waals surface area contributed by atoms with E-state index < -0.39 is 0 Å². The van der Waals surface area contributed by atoms with Gasteiger partial charge in [-0.2, -0.15) is 0 Å². The number of fused-ring (bicyclic) bond motifs is 3. The van der Waals surface area contributed by atoms with Gasteiger partial charge in [0.25, 0.3) is 0 Å². The zero-order valence-corrected chi connectivity index (χ0v) is 10.2. The highest BCUT2D eigenvalue weighted by Gasteiger charge is 2.42. The molecule has 0 radical (unpaired) electrons. The van der Waals surface area contributed by atoms with Crippen LogP contribution in [-0.2, 0) is 9.47 Å². The fourth-order valence-corrected chi connectivity index (χ4v) is 3.57. The van der Waals surface area contributed by atoms with E-state index in [0.29, 0.717) is 24.5 Å². The van der Waals surface area contributed by atoms with Gasteiger partial charge in [-0.05, 0) is 25.2 Å². The van der Waals surface area contributed by atoms with E-state index in [2.05, 4.69) is 11.4 Å². The molecule has 2 heterocycles. The summed E-state index contributed by atoms with van der Waals surface area (Å²) < 4.78 is 11.1. The molecule has 4 aliphatic rings. The summed E-state index contributed by atoms with van der Waals surface area (Å²) >= 11 is 0. The Bertz CT molecular complexity index is 477. The van der Waals surface area contributed by atoms with Crippen LogP contribution in [0.2, 0.25) is 0 Å². The zero-order chi connectivity index (χ0) is 12.1. The van der Waals surface area contributed by atoms with E-state index in [1.54, 1.807) is 0 Å². The van der Waals surface area contributed by atoms with Crippen molar-refractivity contribution in [2.24, 2.45) is 5.92 Å². The molecule has 4 rings (SSSR count). The van der Waals surface area contributed by atoms with Gasteiger partial charge in [0.15, 0.2) is 6.79 Å². The predicted molar refractivity (Wildman–Crippen MR) is 65.8 cm³/mol. The lowest BCUT2D eigenvalue weighted by atomic mass is 9.73. The molecule has 0 spiro atoms. The van der Waals surface area contributed by atoms with E-state index in [1.807, 2.05) is 6.08 Å². The Hall–Kier alpha value is -1.26. The highest BCUT2D eigenvalue weighted by Crippen LogP contribution is 2.45. The van der Waals surface area contributed by atoms with Gasteiger partial charge in [0, 0.05) is 23.7 Å². The maximum absolute atomic E-state index is 10.5. The van der Waals surface area contributed by atoms with E-state index >= 15 is 0 Å². The van der Waals surface area contributed by atoms with Gasteiger partial charge in [0.1, 0.15) is 17.6 Å². The smallest absolute Gasteiger partial charge is 0.189 e. The molecule has 0 aromatic rings. The predicted octanol–water partition coefficient (Wildman–Crippen LogP) is 1.77. The summed E-state index contributed by atoms with van der Waals surface area (Å²) in [6.07, 6.45) is 7.30. The van der Waals surface area contributed by atoms with Crippen molar-refractivity contribution in [2.45, 2.75) is 31.4 Å². The van der Waals surface area contributed by atoms with Crippen molar-refractivity contribution in [2.75, 3.05) is 13.3 Å². The molecule has 18 heavy (non-hydrogen) atoms. The minimum atomic E-state index is 0.0658. The Balaban J connectivity index is 1.86. The molecule has 0 aromatic heterocycles. The summed E-state index contributed by atoms with van der Waals surface area (Å²) in [5.74, 6) is 1.71. The number of rotatable bonds is 0. The van der Waals surface area contributed by atoms with Crippen LogP contribution in [0.25, 0.3) is 0 Å². The Morgan fingerprint density at radius 3 is 3.22 bits per heavy atom. The van der Waals surface area contributed by atoms with Crippen LogP contribution >= 0.6 is 0 Å². The van der Waals surface area contributed by atoms with E-state index in [4.69, 9.17) is 9.47 Å². The fourth-order valence-electron chi connectivity index (χ4n) is 3.57. The molecular weight excluding hydrogens is 230 g/mol. The number of hydrogen-bond donors (Lipinski definition) is 2. The molecule has 4 nitrogen and oxygen atoms in total. The van der Waals surface area contributed by atoms with Crippen LogP contribution in [0, 0.1) is 5.92 Å². The van der Waals surface area contributed by atoms with Crippen molar-refractivity contribution in [1.29, 1.82) is 0 Å². The topological polar surface area (TPSA) is 50.7 Å². The van der Waals surface area contributed by atoms with Gasteiger partial charge in [-0.1, -0.05) is 12.2 Å². The molecule has 0 aromatic carbocycles. The molecule has 2 N–H and O–H groups in total. The molecule has 0 bridgehead atoms. The molecule has 2 aliphatic carbocycles.